The molecule has 1 heterocycles. The Bertz CT molecular complexity index is 708. The van der Waals surface area contributed by atoms with Crippen LogP contribution in [0.2, 0.25) is 0 Å². The summed E-state index contributed by atoms with van der Waals surface area (Å²) in [6.07, 6.45) is 1.82. The van der Waals surface area contributed by atoms with E-state index in [9.17, 15) is 13.6 Å². The fraction of sp³-hybridized carbons (Fsp3) is 0.308. The van der Waals surface area contributed by atoms with E-state index in [0.717, 1.165) is 18.9 Å². The van der Waals surface area contributed by atoms with Gasteiger partial charge in [-0.3, -0.25) is 0 Å². The van der Waals surface area contributed by atoms with Crippen molar-refractivity contribution in [1.29, 1.82) is 0 Å². The quantitative estimate of drug-likeness (QED) is 0.935. The molecule has 104 valence electrons. The number of nitrogens with zero attached hydrogens (tertiary/aromatic N) is 2. The summed E-state index contributed by atoms with van der Waals surface area (Å²) >= 11 is 0. The largest absolute Gasteiger partial charge is 0.478 e. The van der Waals surface area contributed by atoms with Crippen LogP contribution in [0.5, 0.6) is 0 Å². The van der Waals surface area contributed by atoms with Crippen LogP contribution in [0.3, 0.4) is 0 Å². The second-order valence-corrected chi connectivity index (χ2v) is 5.10. The van der Waals surface area contributed by atoms with Crippen LogP contribution >= 0.6 is 0 Å². The minimum Gasteiger partial charge on any atom is -0.478 e. The standard InChI is InChI=1S/C13H10F2N2O3/c1-13(2-3-13)12-16-10(20-17-12)6-4-8(14)9(15)5-7(6)11(18)19/h4-5H,2-3H2,1H3,(H,18,19). The molecule has 0 amide bonds. The summed E-state index contributed by atoms with van der Waals surface area (Å²) in [6.45, 7) is 1.95. The molecule has 1 saturated carbocycles. The van der Waals surface area contributed by atoms with Gasteiger partial charge in [-0.25, -0.2) is 13.6 Å². The Morgan fingerprint density at radius 1 is 1.35 bits per heavy atom. The molecule has 0 aliphatic heterocycles. The first-order valence-electron chi connectivity index (χ1n) is 5.98. The van der Waals surface area contributed by atoms with Crippen molar-refractivity contribution in [2.45, 2.75) is 25.2 Å². The highest BCUT2D eigenvalue weighted by molar-refractivity contribution is 5.94. The van der Waals surface area contributed by atoms with Gasteiger partial charge in [0.25, 0.3) is 5.89 Å². The number of carboxylic acid groups (broad SMARTS) is 1. The molecule has 0 spiro atoms. The molecule has 1 fully saturated rings. The molecule has 1 aromatic heterocycles. The zero-order valence-corrected chi connectivity index (χ0v) is 10.5. The molecule has 0 radical (unpaired) electrons. The van der Waals surface area contributed by atoms with E-state index in [4.69, 9.17) is 9.63 Å². The van der Waals surface area contributed by atoms with Gasteiger partial charge in [0.05, 0.1) is 11.1 Å². The second kappa shape index (κ2) is 4.09. The third-order valence-corrected chi connectivity index (χ3v) is 3.49. The van der Waals surface area contributed by atoms with Crippen LogP contribution in [0.25, 0.3) is 11.5 Å². The van der Waals surface area contributed by atoms with E-state index in [1.54, 1.807) is 0 Å². The zero-order valence-electron chi connectivity index (χ0n) is 10.5. The fourth-order valence-corrected chi connectivity index (χ4v) is 1.89. The van der Waals surface area contributed by atoms with Crippen LogP contribution in [0.1, 0.15) is 35.9 Å². The monoisotopic (exact) mass is 280 g/mol. The van der Waals surface area contributed by atoms with Crippen LogP contribution in [0.4, 0.5) is 8.78 Å². The molecular weight excluding hydrogens is 270 g/mol. The van der Waals surface area contributed by atoms with E-state index in [-0.39, 0.29) is 16.9 Å². The van der Waals surface area contributed by atoms with Crippen LogP contribution in [-0.4, -0.2) is 21.2 Å². The molecule has 5 nitrogen and oxygen atoms in total. The van der Waals surface area contributed by atoms with Crippen molar-refractivity contribution in [2.75, 3.05) is 0 Å². The third-order valence-electron chi connectivity index (χ3n) is 3.49. The van der Waals surface area contributed by atoms with Gasteiger partial charge < -0.3 is 9.63 Å². The second-order valence-electron chi connectivity index (χ2n) is 5.10. The van der Waals surface area contributed by atoms with Crippen LogP contribution in [-0.2, 0) is 5.41 Å². The highest BCUT2D eigenvalue weighted by atomic mass is 19.2. The van der Waals surface area contributed by atoms with Gasteiger partial charge in [0.15, 0.2) is 17.5 Å². The number of hydrogen-bond acceptors (Lipinski definition) is 4. The first kappa shape index (κ1) is 12.7. The Hall–Kier alpha value is -2.31. The van der Waals surface area contributed by atoms with E-state index < -0.39 is 23.2 Å². The normalized spacial score (nSPS) is 16.1. The van der Waals surface area contributed by atoms with Crippen molar-refractivity contribution < 1.29 is 23.2 Å². The molecule has 0 bridgehead atoms. The lowest BCUT2D eigenvalue weighted by atomic mass is 10.1. The SMILES string of the molecule is CC1(c2noc(-c3cc(F)c(F)cc3C(=O)O)n2)CC1. The van der Waals surface area contributed by atoms with Gasteiger partial charge in [0.2, 0.25) is 0 Å². The maximum atomic E-state index is 13.3. The highest BCUT2D eigenvalue weighted by Crippen LogP contribution is 2.46. The first-order valence-corrected chi connectivity index (χ1v) is 5.98. The van der Waals surface area contributed by atoms with E-state index in [0.29, 0.717) is 11.9 Å². The van der Waals surface area contributed by atoms with Crippen molar-refractivity contribution in [3.8, 4) is 11.5 Å². The van der Waals surface area contributed by atoms with Gasteiger partial charge in [-0.1, -0.05) is 12.1 Å². The number of rotatable bonds is 3. The van der Waals surface area contributed by atoms with Crippen molar-refractivity contribution in [3.63, 3.8) is 0 Å². The molecule has 2 aromatic rings. The lowest BCUT2D eigenvalue weighted by Gasteiger charge is -2.02. The predicted octanol–water partition coefficient (Wildman–Crippen LogP) is 2.76. The fourth-order valence-electron chi connectivity index (χ4n) is 1.89. The number of benzene rings is 1. The number of aromatic carboxylic acids is 1. The van der Waals surface area contributed by atoms with E-state index in [1.807, 2.05) is 6.92 Å². The maximum Gasteiger partial charge on any atom is 0.336 e. The summed E-state index contributed by atoms with van der Waals surface area (Å²) in [7, 11) is 0. The number of halogens is 2. The average Bonchev–Trinajstić information content (AvgIpc) is 2.95. The molecule has 0 saturated heterocycles. The van der Waals surface area contributed by atoms with Crippen molar-refractivity contribution in [1.82, 2.24) is 10.1 Å². The molecule has 0 unspecified atom stereocenters. The molecule has 1 aromatic carbocycles. The van der Waals surface area contributed by atoms with Gasteiger partial charge in [-0.15, -0.1) is 0 Å². The summed E-state index contributed by atoms with van der Waals surface area (Å²) in [6, 6.07) is 1.36. The number of carbonyl (C=O) groups is 1. The van der Waals surface area contributed by atoms with E-state index in [2.05, 4.69) is 10.1 Å². The predicted molar refractivity (Wildman–Crippen MR) is 63.2 cm³/mol. The Morgan fingerprint density at radius 3 is 2.60 bits per heavy atom. The molecule has 1 aliphatic carbocycles. The van der Waals surface area contributed by atoms with Gasteiger partial charge in [0, 0.05) is 5.41 Å². The van der Waals surface area contributed by atoms with Crippen LogP contribution < -0.4 is 0 Å². The Morgan fingerprint density at radius 2 is 2.00 bits per heavy atom. The minimum atomic E-state index is -1.39. The van der Waals surface area contributed by atoms with Crippen LogP contribution in [0.15, 0.2) is 16.7 Å². The number of hydrogen-bond donors (Lipinski definition) is 1. The summed E-state index contributed by atoms with van der Waals surface area (Å²) in [4.78, 5) is 15.2. The van der Waals surface area contributed by atoms with Crippen LogP contribution in [0, 0.1) is 11.6 Å². The summed E-state index contributed by atoms with van der Waals surface area (Å²) in [5, 5.41) is 12.8. The number of aromatic nitrogens is 2. The molecule has 0 atom stereocenters. The van der Waals surface area contributed by atoms with Gasteiger partial charge >= 0.3 is 5.97 Å². The third kappa shape index (κ3) is 1.95. The highest BCUT2D eigenvalue weighted by Gasteiger charge is 2.43. The maximum absolute atomic E-state index is 13.3. The molecular formula is C13H10F2N2O3. The van der Waals surface area contributed by atoms with Gasteiger partial charge in [0.1, 0.15) is 0 Å². The van der Waals surface area contributed by atoms with Gasteiger partial charge in [-0.05, 0) is 25.0 Å². The molecule has 20 heavy (non-hydrogen) atoms. The Kier molecular flexibility index (Phi) is 2.60. The summed E-state index contributed by atoms with van der Waals surface area (Å²) < 4.78 is 31.4. The lowest BCUT2D eigenvalue weighted by molar-refractivity contribution is 0.0696. The van der Waals surface area contributed by atoms with Crippen molar-refractivity contribution >= 4 is 5.97 Å². The summed E-state index contributed by atoms with van der Waals surface area (Å²) in [5.41, 5.74) is -0.705. The summed E-state index contributed by atoms with van der Waals surface area (Å²) in [5.74, 6) is -3.46. The Labute approximate surface area is 112 Å². The molecule has 1 aliphatic rings. The molecule has 7 heteroatoms. The minimum absolute atomic E-state index is 0.121. The lowest BCUT2D eigenvalue weighted by Crippen LogP contribution is -2.04. The molecule has 1 N–H and O–H groups in total. The first-order chi connectivity index (χ1) is 9.40. The average molecular weight is 280 g/mol. The van der Waals surface area contributed by atoms with E-state index in [1.165, 1.54) is 0 Å². The van der Waals surface area contributed by atoms with Crippen molar-refractivity contribution in [2.24, 2.45) is 0 Å². The smallest absolute Gasteiger partial charge is 0.336 e. The zero-order chi connectivity index (χ0) is 14.5. The number of carboxylic acids is 1. The molecule has 3 rings (SSSR count). The van der Waals surface area contributed by atoms with Crippen molar-refractivity contribution in [3.05, 3.63) is 35.2 Å². The topological polar surface area (TPSA) is 76.2 Å². The van der Waals surface area contributed by atoms with Gasteiger partial charge in [-0.2, -0.15) is 4.98 Å². The van der Waals surface area contributed by atoms with E-state index >= 15 is 0 Å². The Balaban J connectivity index is 2.11.